The molecule has 1 aromatic carbocycles. The van der Waals surface area contributed by atoms with Crippen LogP contribution in [0.3, 0.4) is 0 Å². The van der Waals surface area contributed by atoms with Crippen LogP contribution in [0, 0.1) is 18.7 Å². The summed E-state index contributed by atoms with van der Waals surface area (Å²) in [4.78, 5) is 11.0. The highest BCUT2D eigenvalue weighted by Crippen LogP contribution is 2.33. The van der Waals surface area contributed by atoms with Gasteiger partial charge < -0.3 is 9.52 Å². The minimum absolute atomic E-state index is 0.0808. The van der Waals surface area contributed by atoms with E-state index in [0.717, 1.165) is 4.31 Å². The molecule has 1 aliphatic heterocycles. The van der Waals surface area contributed by atoms with E-state index in [4.69, 9.17) is 9.52 Å². The maximum absolute atomic E-state index is 13.3. The van der Waals surface area contributed by atoms with Gasteiger partial charge in [0, 0.05) is 24.0 Å². The number of benzene rings is 1. The van der Waals surface area contributed by atoms with Crippen molar-refractivity contribution in [3.63, 3.8) is 0 Å². The van der Waals surface area contributed by atoms with Gasteiger partial charge in [-0.3, -0.25) is 4.79 Å². The molecule has 0 saturated carbocycles. The number of aliphatic carboxylic acids is 1. The number of halogens is 1. The van der Waals surface area contributed by atoms with Crippen molar-refractivity contribution in [1.82, 2.24) is 4.31 Å². The molecule has 1 atom stereocenters. The van der Waals surface area contributed by atoms with Crippen molar-refractivity contribution in [2.75, 3.05) is 13.1 Å². The van der Waals surface area contributed by atoms with E-state index in [0.29, 0.717) is 10.9 Å². The molecule has 0 radical (unpaired) electrons. The van der Waals surface area contributed by atoms with Gasteiger partial charge in [0.2, 0.25) is 5.09 Å². The molecule has 1 fully saturated rings. The number of carbonyl (C=O) groups is 1. The third kappa shape index (κ3) is 2.28. The van der Waals surface area contributed by atoms with Crippen molar-refractivity contribution >= 4 is 27.0 Å². The zero-order valence-corrected chi connectivity index (χ0v) is 12.6. The smallest absolute Gasteiger partial charge is 0.307 e. The van der Waals surface area contributed by atoms with Crippen molar-refractivity contribution in [2.24, 2.45) is 5.92 Å². The van der Waals surface area contributed by atoms with Crippen LogP contribution in [0.25, 0.3) is 11.0 Å². The van der Waals surface area contributed by atoms with Crippen LogP contribution in [-0.2, 0) is 14.8 Å². The molecule has 1 aromatic heterocycles. The highest BCUT2D eigenvalue weighted by molar-refractivity contribution is 7.89. The van der Waals surface area contributed by atoms with Gasteiger partial charge in [-0.2, -0.15) is 4.31 Å². The Morgan fingerprint density at radius 3 is 2.82 bits per heavy atom. The average Bonchev–Trinajstić information content (AvgIpc) is 3.05. The summed E-state index contributed by atoms with van der Waals surface area (Å²) in [5.74, 6) is -2.20. The molecular weight excluding hydrogens is 313 g/mol. The van der Waals surface area contributed by atoms with E-state index in [1.807, 2.05) is 0 Å². The predicted octanol–water partition coefficient (Wildman–Crippen LogP) is 1.98. The van der Waals surface area contributed by atoms with Crippen molar-refractivity contribution in [3.8, 4) is 0 Å². The zero-order chi connectivity index (χ0) is 16.1. The van der Waals surface area contributed by atoms with Crippen molar-refractivity contribution < 1.29 is 27.1 Å². The predicted molar refractivity (Wildman–Crippen MR) is 75.4 cm³/mol. The minimum Gasteiger partial charge on any atom is -0.481 e. The molecule has 1 N–H and O–H groups in total. The Morgan fingerprint density at radius 1 is 1.45 bits per heavy atom. The fraction of sp³-hybridized carbons (Fsp3) is 0.357. The monoisotopic (exact) mass is 327 g/mol. The molecule has 0 amide bonds. The summed E-state index contributed by atoms with van der Waals surface area (Å²) in [7, 11) is -3.93. The Labute approximate surface area is 126 Å². The fourth-order valence-corrected chi connectivity index (χ4v) is 4.33. The average molecular weight is 327 g/mol. The van der Waals surface area contributed by atoms with E-state index >= 15 is 0 Å². The summed E-state index contributed by atoms with van der Waals surface area (Å²) >= 11 is 0. The molecule has 1 unspecified atom stereocenters. The van der Waals surface area contributed by atoms with Crippen LogP contribution in [0.5, 0.6) is 0 Å². The molecule has 22 heavy (non-hydrogen) atoms. The Balaban J connectivity index is 2.03. The Morgan fingerprint density at radius 2 is 2.18 bits per heavy atom. The van der Waals surface area contributed by atoms with Crippen LogP contribution in [0.2, 0.25) is 0 Å². The summed E-state index contributed by atoms with van der Waals surface area (Å²) in [6.07, 6.45) is 0.266. The molecule has 118 valence electrons. The van der Waals surface area contributed by atoms with Crippen LogP contribution in [0.4, 0.5) is 4.39 Å². The third-order valence-corrected chi connectivity index (χ3v) is 5.80. The first-order valence-electron chi connectivity index (χ1n) is 6.72. The molecule has 0 spiro atoms. The largest absolute Gasteiger partial charge is 0.481 e. The second-order valence-electron chi connectivity index (χ2n) is 5.34. The quantitative estimate of drug-likeness (QED) is 0.931. The lowest BCUT2D eigenvalue weighted by Crippen LogP contribution is -2.30. The lowest BCUT2D eigenvalue weighted by molar-refractivity contribution is -0.141. The molecule has 0 aliphatic carbocycles. The maximum Gasteiger partial charge on any atom is 0.307 e. The van der Waals surface area contributed by atoms with Gasteiger partial charge in [0.1, 0.15) is 11.4 Å². The lowest BCUT2D eigenvalue weighted by Gasteiger charge is -2.14. The van der Waals surface area contributed by atoms with E-state index in [1.165, 1.54) is 18.2 Å². The number of hydrogen-bond acceptors (Lipinski definition) is 4. The highest BCUT2D eigenvalue weighted by atomic mass is 32.2. The SMILES string of the molecule is Cc1c(S(=O)(=O)N2CCC(C(=O)O)C2)oc2ccc(F)cc12. The molecule has 3 rings (SSSR count). The van der Waals surface area contributed by atoms with Crippen LogP contribution in [0.15, 0.2) is 27.7 Å². The molecule has 1 saturated heterocycles. The van der Waals surface area contributed by atoms with Crippen LogP contribution in [0.1, 0.15) is 12.0 Å². The van der Waals surface area contributed by atoms with Gasteiger partial charge in [0.05, 0.1) is 5.92 Å². The summed E-state index contributed by atoms with van der Waals surface area (Å²) in [6.45, 7) is 1.59. The second kappa shape index (κ2) is 5.06. The zero-order valence-electron chi connectivity index (χ0n) is 11.7. The van der Waals surface area contributed by atoms with E-state index < -0.39 is 27.7 Å². The number of nitrogens with zero attached hydrogens (tertiary/aromatic N) is 1. The highest BCUT2D eigenvalue weighted by Gasteiger charge is 2.38. The van der Waals surface area contributed by atoms with Crippen molar-refractivity contribution in [1.29, 1.82) is 0 Å². The number of carboxylic acids is 1. The van der Waals surface area contributed by atoms with Gasteiger partial charge in [-0.15, -0.1) is 0 Å². The first-order chi connectivity index (χ1) is 10.3. The number of furan rings is 1. The molecule has 2 heterocycles. The van der Waals surface area contributed by atoms with E-state index in [9.17, 15) is 17.6 Å². The number of fused-ring (bicyclic) bond motifs is 1. The van der Waals surface area contributed by atoms with Crippen molar-refractivity contribution in [3.05, 3.63) is 29.6 Å². The standard InChI is InChI=1S/C14H14FNO5S/c1-8-11-6-10(15)2-3-12(11)21-14(8)22(19,20)16-5-4-9(7-16)13(17)18/h2-3,6,9H,4-5,7H2,1H3,(H,17,18). The third-order valence-electron chi connectivity index (χ3n) is 3.93. The Kier molecular flexibility index (Phi) is 3.45. The lowest BCUT2D eigenvalue weighted by atomic mass is 10.1. The van der Waals surface area contributed by atoms with Crippen LogP contribution in [-0.4, -0.2) is 36.9 Å². The van der Waals surface area contributed by atoms with E-state index in [2.05, 4.69) is 0 Å². The molecule has 8 heteroatoms. The normalized spacial score (nSPS) is 19.8. The molecule has 0 bridgehead atoms. The van der Waals surface area contributed by atoms with Gasteiger partial charge >= 0.3 is 5.97 Å². The van der Waals surface area contributed by atoms with Crippen molar-refractivity contribution in [2.45, 2.75) is 18.4 Å². The van der Waals surface area contributed by atoms with E-state index in [1.54, 1.807) is 6.92 Å². The number of carboxylic acid groups (broad SMARTS) is 1. The first kappa shape index (κ1) is 15.0. The van der Waals surface area contributed by atoms with Gasteiger partial charge in [-0.1, -0.05) is 0 Å². The molecule has 1 aliphatic rings. The first-order valence-corrected chi connectivity index (χ1v) is 8.16. The topological polar surface area (TPSA) is 87.8 Å². The molecular formula is C14H14FNO5S. The summed E-state index contributed by atoms with van der Waals surface area (Å²) in [6, 6.07) is 3.79. The van der Waals surface area contributed by atoms with Crippen LogP contribution >= 0.6 is 0 Å². The summed E-state index contributed by atoms with van der Waals surface area (Å²) < 4.78 is 45.0. The van der Waals surface area contributed by atoms with Gasteiger partial charge in [-0.05, 0) is 31.5 Å². The van der Waals surface area contributed by atoms with Crippen LogP contribution < -0.4 is 0 Å². The minimum atomic E-state index is -3.93. The summed E-state index contributed by atoms with van der Waals surface area (Å²) in [5, 5.41) is 9.13. The van der Waals surface area contributed by atoms with E-state index in [-0.39, 0.29) is 30.2 Å². The number of aryl methyl sites for hydroxylation is 1. The Hall–Kier alpha value is -1.93. The number of hydrogen-bond donors (Lipinski definition) is 1. The molecule has 2 aromatic rings. The Bertz CT molecular complexity index is 857. The summed E-state index contributed by atoms with van der Waals surface area (Å²) in [5.41, 5.74) is 0.611. The fourth-order valence-electron chi connectivity index (χ4n) is 2.68. The maximum atomic E-state index is 13.3. The molecule has 6 nitrogen and oxygen atoms in total. The number of sulfonamides is 1. The van der Waals surface area contributed by atoms with Gasteiger partial charge in [0.15, 0.2) is 0 Å². The second-order valence-corrected chi connectivity index (χ2v) is 7.18. The number of rotatable bonds is 3. The van der Waals surface area contributed by atoms with Gasteiger partial charge in [-0.25, -0.2) is 12.8 Å². The van der Waals surface area contributed by atoms with Gasteiger partial charge in [0.25, 0.3) is 10.0 Å².